The zero-order valence-corrected chi connectivity index (χ0v) is 16.0. The van der Waals surface area contributed by atoms with Crippen LogP contribution in [0, 0.1) is 0 Å². The third-order valence-corrected chi connectivity index (χ3v) is 4.97. The third kappa shape index (κ3) is 3.84. The van der Waals surface area contributed by atoms with Gasteiger partial charge in [-0.1, -0.05) is 25.5 Å². The smallest absolute Gasteiger partial charge is 0.261 e. The van der Waals surface area contributed by atoms with E-state index in [4.69, 9.17) is 5.21 Å². The van der Waals surface area contributed by atoms with Crippen LogP contribution in [-0.2, 0) is 4.79 Å². The van der Waals surface area contributed by atoms with Gasteiger partial charge < -0.3 is 5.32 Å². The standard InChI is InChI=1S/C21H25N3O4/c1-2-12-22-17-11-10-16-19-14(17)7-6-8-15(19)20(26)24(21(16)27)13-5-3-4-9-18(25)23-28/h6-8,10-11,22,28H,2-5,9,12-13H2,1H3,(H,23,25). The van der Waals surface area contributed by atoms with Crippen LogP contribution in [-0.4, -0.2) is 40.9 Å². The minimum Gasteiger partial charge on any atom is -0.385 e. The van der Waals surface area contributed by atoms with E-state index in [0.29, 0.717) is 36.9 Å². The second-order valence-electron chi connectivity index (χ2n) is 6.92. The SMILES string of the molecule is CCCNc1ccc2c3c(cccc13)C(=O)N(CCCCCC(=O)NO)C2=O. The quantitative estimate of drug-likeness (QED) is 0.267. The summed E-state index contributed by atoms with van der Waals surface area (Å²) in [5.74, 6) is -0.981. The van der Waals surface area contributed by atoms with Crippen molar-refractivity contribution in [3.8, 4) is 0 Å². The second-order valence-corrected chi connectivity index (χ2v) is 6.92. The number of hydrogen-bond acceptors (Lipinski definition) is 5. The Labute approximate surface area is 163 Å². The van der Waals surface area contributed by atoms with Gasteiger partial charge in [0.05, 0.1) is 0 Å². The van der Waals surface area contributed by atoms with Crippen LogP contribution < -0.4 is 10.8 Å². The predicted molar refractivity (Wildman–Crippen MR) is 106 cm³/mol. The average Bonchev–Trinajstić information content (AvgIpc) is 2.72. The Morgan fingerprint density at radius 2 is 1.79 bits per heavy atom. The van der Waals surface area contributed by atoms with E-state index in [1.807, 2.05) is 18.2 Å². The van der Waals surface area contributed by atoms with Gasteiger partial charge in [0, 0.05) is 47.1 Å². The van der Waals surface area contributed by atoms with Crippen molar-refractivity contribution < 1.29 is 19.6 Å². The molecule has 0 aromatic heterocycles. The van der Waals surface area contributed by atoms with Gasteiger partial charge in [-0.3, -0.25) is 24.5 Å². The molecule has 0 atom stereocenters. The van der Waals surface area contributed by atoms with Crippen LogP contribution in [0.2, 0.25) is 0 Å². The van der Waals surface area contributed by atoms with Crippen molar-refractivity contribution >= 4 is 34.2 Å². The van der Waals surface area contributed by atoms with E-state index in [9.17, 15) is 14.4 Å². The molecule has 0 saturated carbocycles. The van der Waals surface area contributed by atoms with Crippen molar-refractivity contribution in [2.24, 2.45) is 0 Å². The largest absolute Gasteiger partial charge is 0.385 e. The van der Waals surface area contributed by atoms with E-state index < -0.39 is 5.91 Å². The van der Waals surface area contributed by atoms with Crippen LogP contribution in [0.1, 0.15) is 59.7 Å². The number of rotatable bonds is 9. The van der Waals surface area contributed by atoms with Crippen molar-refractivity contribution in [3.05, 3.63) is 41.5 Å². The molecule has 2 aromatic carbocycles. The molecule has 0 fully saturated rings. The summed E-state index contributed by atoms with van der Waals surface area (Å²) in [5, 5.41) is 13.5. The highest BCUT2D eigenvalue weighted by Crippen LogP contribution is 2.34. The Bertz CT molecular complexity index is 888. The van der Waals surface area contributed by atoms with Crippen molar-refractivity contribution in [1.82, 2.24) is 10.4 Å². The molecule has 1 heterocycles. The van der Waals surface area contributed by atoms with E-state index in [-0.39, 0.29) is 18.2 Å². The van der Waals surface area contributed by atoms with Crippen molar-refractivity contribution in [2.75, 3.05) is 18.4 Å². The van der Waals surface area contributed by atoms with Crippen LogP contribution in [0.4, 0.5) is 5.69 Å². The average molecular weight is 383 g/mol. The molecule has 3 rings (SSSR count). The van der Waals surface area contributed by atoms with Crippen LogP contribution in [0.15, 0.2) is 30.3 Å². The molecule has 2 aromatic rings. The number of unbranched alkanes of at least 4 members (excludes halogenated alkanes) is 2. The first-order valence-electron chi connectivity index (χ1n) is 9.67. The molecule has 148 valence electrons. The number of nitrogens with zero attached hydrogens (tertiary/aromatic N) is 1. The molecule has 0 aliphatic carbocycles. The number of carbonyl (C=O) groups excluding carboxylic acids is 3. The molecule has 1 aliphatic heterocycles. The minimum absolute atomic E-state index is 0.216. The van der Waals surface area contributed by atoms with Gasteiger partial charge in [0.1, 0.15) is 0 Å². The normalized spacial score (nSPS) is 13.1. The van der Waals surface area contributed by atoms with E-state index in [2.05, 4.69) is 12.2 Å². The Morgan fingerprint density at radius 1 is 1.04 bits per heavy atom. The molecule has 28 heavy (non-hydrogen) atoms. The molecule has 3 N–H and O–H groups in total. The van der Waals surface area contributed by atoms with E-state index >= 15 is 0 Å². The molecule has 1 aliphatic rings. The topological polar surface area (TPSA) is 98.7 Å². The lowest BCUT2D eigenvalue weighted by Crippen LogP contribution is -2.40. The fourth-order valence-corrected chi connectivity index (χ4v) is 3.55. The second kappa shape index (κ2) is 8.84. The Hall–Kier alpha value is -2.93. The van der Waals surface area contributed by atoms with Gasteiger partial charge in [-0.2, -0.15) is 0 Å². The van der Waals surface area contributed by atoms with Crippen LogP contribution in [0.3, 0.4) is 0 Å². The van der Waals surface area contributed by atoms with Crippen molar-refractivity contribution in [2.45, 2.75) is 39.0 Å². The zero-order chi connectivity index (χ0) is 20.1. The Balaban J connectivity index is 1.79. The number of hydrogen-bond donors (Lipinski definition) is 3. The number of nitrogens with one attached hydrogen (secondary N) is 2. The summed E-state index contributed by atoms with van der Waals surface area (Å²) in [6.45, 7) is 3.21. The molecule has 0 unspecified atom stereocenters. The predicted octanol–water partition coefficient (Wildman–Crippen LogP) is 3.32. The molecular formula is C21H25N3O4. The summed E-state index contributed by atoms with van der Waals surface area (Å²) in [6.07, 6.45) is 3.07. The van der Waals surface area contributed by atoms with Gasteiger partial charge in [-0.15, -0.1) is 0 Å². The van der Waals surface area contributed by atoms with Crippen molar-refractivity contribution in [3.63, 3.8) is 0 Å². The van der Waals surface area contributed by atoms with Crippen LogP contribution in [0.5, 0.6) is 0 Å². The summed E-state index contributed by atoms with van der Waals surface area (Å²) in [5.41, 5.74) is 3.62. The summed E-state index contributed by atoms with van der Waals surface area (Å²) in [6, 6.07) is 9.23. The first kappa shape index (κ1) is 19.8. The monoisotopic (exact) mass is 383 g/mol. The number of anilines is 1. The molecule has 0 saturated heterocycles. The van der Waals surface area contributed by atoms with E-state index in [1.165, 1.54) is 4.90 Å². The van der Waals surface area contributed by atoms with Gasteiger partial charge in [0.15, 0.2) is 0 Å². The van der Waals surface area contributed by atoms with Gasteiger partial charge in [0.25, 0.3) is 11.8 Å². The lowest BCUT2D eigenvalue weighted by Gasteiger charge is -2.28. The lowest BCUT2D eigenvalue weighted by molar-refractivity contribution is -0.129. The minimum atomic E-state index is -0.432. The van der Waals surface area contributed by atoms with Gasteiger partial charge in [-0.25, -0.2) is 5.48 Å². The molecule has 7 nitrogen and oxygen atoms in total. The lowest BCUT2D eigenvalue weighted by atomic mass is 9.92. The number of imide groups is 1. The highest BCUT2D eigenvalue weighted by atomic mass is 16.5. The van der Waals surface area contributed by atoms with E-state index in [1.54, 1.807) is 17.6 Å². The molecule has 0 bridgehead atoms. The maximum Gasteiger partial charge on any atom is 0.261 e. The van der Waals surface area contributed by atoms with Gasteiger partial charge >= 0.3 is 0 Å². The third-order valence-electron chi connectivity index (χ3n) is 4.97. The first-order valence-corrected chi connectivity index (χ1v) is 9.67. The maximum absolute atomic E-state index is 12.9. The molecule has 3 amide bonds. The fourth-order valence-electron chi connectivity index (χ4n) is 3.55. The number of hydroxylamine groups is 1. The zero-order valence-electron chi connectivity index (χ0n) is 16.0. The fraction of sp³-hybridized carbons (Fsp3) is 0.381. The summed E-state index contributed by atoms with van der Waals surface area (Å²) < 4.78 is 0. The number of amides is 3. The first-order chi connectivity index (χ1) is 13.6. The Morgan fingerprint density at radius 3 is 2.50 bits per heavy atom. The maximum atomic E-state index is 12.9. The summed E-state index contributed by atoms with van der Waals surface area (Å²) in [7, 11) is 0. The highest BCUT2D eigenvalue weighted by Gasteiger charge is 2.32. The summed E-state index contributed by atoms with van der Waals surface area (Å²) in [4.78, 5) is 38.2. The van der Waals surface area contributed by atoms with Crippen LogP contribution in [0.25, 0.3) is 10.8 Å². The van der Waals surface area contributed by atoms with Gasteiger partial charge in [0.2, 0.25) is 5.91 Å². The van der Waals surface area contributed by atoms with Crippen LogP contribution >= 0.6 is 0 Å². The summed E-state index contributed by atoms with van der Waals surface area (Å²) >= 11 is 0. The molecular weight excluding hydrogens is 358 g/mol. The number of carbonyl (C=O) groups is 3. The molecule has 0 radical (unpaired) electrons. The molecule has 0 spiro atoms. The van der Waals surface area contributed by atoms with E-state index in [0.717, 1.165) is 29.4 Å². The molecule has 7 heteroatoms. The van der Waals surface area contributed by atoms with Crippen molar-refractivity contribution in [1.29, 1.82) is 0 Å². The highest BCUT2D eigenvalue weighted by molar-refractivity contribution is 6.26. The number of benzene rings is 2. The van der Waals surface area contributed by atoms with Gasteiger partial charge in [-0.05, 0) is 37.5 Å². The Kier molecular flexibility index (Phi) is 6.26.